The van der Waals surface area contributed by atoms with Gasteiger partial charge < -0.3 is 25.3 Å². The Morgan fingerprint density at radius 2 is 1.85 bits per heavy atom. The van der Waals surface area contributed by atoms with Crippen molar-refractivity contribution in [1.82, 2.24) is 19.5 Å². The van der Waals surface area contributed by atoms with Gasteiger partial charge in [0.2, 0.25) is 5.91 Å². The van der Waals surface area contributed by atoms with Crippen LogP contribution >= 0.6 is 0 Å². The van der Waals surface area contributed by atoms with Crippen molar-refractivity contribution >= 4 is 23.6 Å². The summed E-state index contributed by atoms with van der Waals surface area (Å²) >= 11 is 0. The number of aromatic nitrogens is 4. The number of nitrogens with two attached hydrogens (primary N) is 1. The monoisotopic (exact) mass is 637 g/mol. The summed E-state index contributed by atoms with van der Waals surface area (Å²) in [4.78, 5) is 39.4. The smallest absolute Gasteiger partial charge is 0.419 e. The van der Waals surface area contributed by atoms with Crippen LogP contribution in [0, 0.1) is 5.82 Å². The number of anilines is 2. The number of aryl methyl sites for hydroxylation is 1. The van der Waals surface area contributed by atoms with Gasteiger partial charge in [-0.1, -0.05) is 30.3 Å². The van der Waals surface area contributed by atoms with Crippen LogP contribution in [0.15, 0.2) is 61.1 Å². The number of primary amides is 1. The number of amides is 2. The largest absolute Gasteiger partial charge is 0.438 e. The molecule has 0 bridgehead atoms. The van der Waals surface area contributed by atoms with E-state index in [9.17, 15) is 27.2 Å². The number of carbonyl (C=O) groups is 2. The first kappa shape index (κ1) is 31.0. The Balaban J connectivity index is 1.31. The highest BCUT2D eigenvalue weighted by Gasteiger charge is 2.36. The Hall–Kier alpha value is -5.01. The molecule has 0 aliphatic carbocycles. The van der Waals surface area contributed by atoms with E-state index in [1.807, 2.05) is 34.9 Å². The fourth-order valence-corrected chi connectivity index (χ4v) is 6.21. The van der Waals surface area contributed by atoms with Gasteiger partial charge in [0.25, 0.3) is 0 Å². The topological polar surface area (TPSA) is 128 Å². The van der Waals surface area contributed by atoms with E-state index in [4.69, 9.17) is 15.5 Å². The predicted octanol–water partition coefficient (Wildman–Crippen LogP) is 5.78. The Labute approximate surface area is 261 Å². The zero-order chi connectivity index (χ0) is 32.6. The average molecular weight is 638 g/mol. The zero-order valence-electron chi connectivity index (χ0n) is 24.9. The number of nitrogens with zero attached hydrogens (tertiary/aromatic N) is 5. The number of piperidine rings is 1. The van der Waals surface area contributed by atoms with Crippen molar-refractivity contribution in [3.05, 3.63) is 89.4 Å². The first-order valence-corrected chi connectivity index (χ1v) is 14.8. The minimum atomic E-state index is -4.87. The van der Waals surface area contributed by atoms with E-state index in [2.05, 4.69) is 20.2 Å². The van der Waals surface area contributed by atoms with Gasteiger partial charge in [-0.25, -0.2) is 24.1 Å². The van der Waals surface area contributed by atoms with Crippen molar-refractivity contribution in [2.24, 2.45) is 5.73 Å². The number of fused-ring (bicyclic) bond motifs is 1. The molecule has 240 valence electrons. The van der Waals surface area contributed by atoms with Gasteiger partial charge in [0.05, 0.1) is 17.7 Å². The first-order valence-electron chi connectivity index (χ1n) is 14.8. The lowest BCUT2D eigenvalue weighted by atomic mass is 9.91. The summed E-state index contributed by atoms with van der Waals surface area (Å²) in [6, 6.07) is 12.0. The second kappa shape index (κ2) is 12.1. The van der Waals surface area contributed by atoms with Crippen LogP contribution in [-0.4, -0.2) is 44.6 Å². The van der Waals surface area contributed by atoms with Crippen LogP contribution in [0.1, 0.15) is 54.6 Å². The quantitative estimate of drug-likeness (QED) is 0.235. The van der Waals surface area contributed by atoms with E-state index in [1.54, 1.807) is 13.1 Å². The molecule has 1 unspecified atom stereocenters. The molecule has 2 aliphatic heterocycles. The molecule has 3 N–H and O–H groups in total. The highest BCUT2D eigenvalue weighted by Crippen LogP contribution is 2.38. The molecule has 10 nitrogen and oxygen atoms in total. The van der Waals surface area contributed by atoms with Gasteiger partial charge in [-0.2, -0.15) is 13.2 Å². The molecule has 2 amide bonds. The zero-order valence-corrected chi connectivity index (χ0v) is 24.9. The van der Waals surface area contributed by atoms with Crippen LogP contribution in [0.3, 0.4) is 0 Å². The molecule has 14 heteroatoms. The number of carbonyl (C=O) groups excluding carboxylic acids is 2. The van der Waals surface area contributed by atoms with Crippen molar-refractivity contribution < 1.29 is 31.9 Å². The molecule has 2 aliphatic rings. The van der Waals surface area contributed by atoms with Gasteiger partial charge in [-0.3, -0.25) is 4.79 Å². The SMILES string of the molecule is CC(CCn1cc(-c2ccc(F)c(C(F)(F)F)c2)nc1C1CCN(c2ncnc3c2CC(=O)N3)CC1)(OC(N)=O)c1ccccc1. The van der Waals surface area contributed by atoms with Crippen LogP contribution in [0.25, 0.3) is 11.3 Å². The molecule has 1 saturated heterocycles. The summed E-state index contributed by atoms with van der Waals surface area (Å²) in [5.41, 5.74) is 4.83. The highest BCUT2D eigenvalue weighted by atomic mass is 19.4. The minimum absolute atomic E-state index is 0.0813. The number of hydrogen-bond acceptors (Lipinski definition) is 7. The molecule has 4 heterocycles. The van der Waals surface area contributed by atoms with E-state index >= 15 is 0 Å². The van der Waals surface area contributed by atoms with Crippen LogP contribution in [0.2, 0.25) is 0 Å². The number of hydrogen-bond donors (Lipinski definition) is 2. The maximum absolute atomic E-state index is 14.1. The molecule has 2 aromatic heterocycles. The van der Waals surface area contributed by atoms with E-state index in [-0.39, 0.29) is 35.9 Å². The Kier molecular flexibility index (Phi) is 8.13. The maximum Gasteiger partial charge on any atom is 0.419 e. The second-order valence-corrected chi connectivity index (χ2v) is 11.6. The summed E-state index contributed by atoms with van der Waals surface area (Å²) in [6.07, 6.45) is -0.978. The number of nitrogens with one attached hydrogen (secondary N) is 1. The molecule has 0 radical (unpaired) electrons. The molecule has 0 spiro atoms. The average Bonchev–Trinajstić information content (AvgIpc) is 3.63. The van der Waals surface area contributed by atoms with Gasteiger partial charge in [-0.05, 0) is 43.5 Å². The summed E-state index contributed by atoms with van der Waals surface area (Å²) in [7, 11) is 0. The molecular formula is C32H31F4N7O3. The molecule has 0 saturated carbocycles. The van der Waals surface area contributed by atoms with Crippen molar-refractivity contribution in [2.45, 2.75) is 56.8 Å². The standard InChI is InChI=1S/C32H31F4N7O3/c1-31(46-30(37)45,21-5-3-2-4-6-21)11-14-43-17-25(20-7-8-24(33)23(15-20)32(34,35)36)40-28(43)19-9-12-42(13-10-19)29-22-16-26(44)41-27(22)38-18-39-29/h2-8,15,17-19H,9-14,16H2,1H3,(H2,37,45)(H,38,39,41,44). The highest BCUT2D eigenvalue weighted by molar-refractivity contribution is 5.99. The fraction of sp³-hybridized carbons (Fsp3) is 0.344. The molecular weight excluding hydrogens is 606 g/mol. The summed E-state index contributed by atoms with van der Waals surface area (Å²) < 4.78 is 62.3. The van der Waals surface area contributed by atoms with Crippen LogP contribution in [0.5, 0.6) is 0 Å². The van der Waals surface area contributed by atoms with Crippen molar-refractivity contribution in [3.8, 4) is 11.3 Å². The van der Waals surface area contributed by atoms with E-state index in [0.717, 1.165) is 23.3 Å². The molecule has 4 aromatic rings. The van der Waals surface area contributed by atoms with E-state index in [0.29, 0.717) is 49.9 Å². The van der Waals surface area contributed by atoms with Crippen LogP contribution in [-0.2, 0) is 34.3 Å². The Morgan fingerprint density at radius 3 is 2.54 bits per heavy atom. The minimum Gasteiger partial charge on any atom is -0.438 e. The number of benzene rings is 2. The van der Waals surface area contributed by atoms with E-state index < -0.39 is 29.3 Å². The number of halogens is 4. The van der Waals surface area contributed by atoms with Gasteiger partial charge in [0, 0.05) is 49.3 Å². The molecule has 46 heavy (non-hydrogen) atoms. The van der Waals surface area contributed by atoms with Gasteiger partial charge in [0.15, 0.2) is 0 Å². The normalized spacial score (nSPS) is 16.5. The molecule has 2 aromatic carbocycles. The molecule has 1 fully saturated rings. The van der Waals surface area contributed by atoms with Crippen molar-refractivity contribution in [1.29, 1.82) is 0 Å². The van der Waals surface area contributed by atoms with Crippen molar-refractivity contribution in [3.63, 3.8) is 0 Å². The number of alkyl halides is 3. The number of imidazole rings is 1. The van der Waals surface area contributed by atoms with Gasteiger partial charge >= 0.3 is 12.3 Å². The number of rotatable bonds is 8. The maximum atomic E-state index is 14.1. The Morgan fingerprint density at radius 1 is 1.11 bits per heavy atom. The lowest BCUT2D eigenvalue weighted by Gasteiger charge is -2.34. The summed E-state index contributed by atoms with van der Waals surface area (Å²) in [5, 5.41) is 2.74. The van der Waals surface area contributed by atoms with Gasteiger partial charge in [-0.15, -0.1) is 0 Å². The lowest BCUT2D eigenvalue weighted by Crippen LogP contribution is -2.35. The number of ether oxygens (including phenoxy) is 1. The molecule has 6 rings (SSSR count). The van der Waals surface area contributed by atoms with Crippen LogP contribution in [0.4, 0.5) is 34.0 Å². The van der Waals surface area contributed by atoms with Crippen molar-refractivity contribution in [2.75, 3.05) is 23.3 Å². The lowest BCUT2D eigenvalue weighted by molar-refractivity contribution is -0.140. The summed E-state index contributed by atoms with van der Waals surface area (Å²) in [6.45, 7) is 3.22. The van der Waals surface area contributed by atoms with E-state index in [1.165, 1.54) is 12.4 Å². The fourth-order valence-electron chi connectivity index (χ4n) is 6.21. The second-order valence-electron chi connectivity index (χ2n) is 11.6. The Bertz CT molecular complexity index is 1770. The summed E-state index contributed by atoms with van der Waals surface area (Å²) in [5.74, 6) is 0.264. The molecule has 1 atom stereocenters. The van der Waals surface area contributed by atoms with Gasteiger partial charge in [0.1, 0.15) is 35.2 Å². The first-order chi connectivity index (χ1) is 21.9. The third kappa shape index (κ3) is 6.24. The third-order valence-corrected chi connectivity index (χ3v) is 8.59. The third-order valence-electron chi connectivity index (χ3n) is 8.59. The van der Waals surface area contributed by atoms with Crippen LogP contribution < -0.4 is 16.0 Å². The predicted molar refractivity (Wildman–Crippen MR) is 160 cm³/mol.